The van der Waals surface area contributed by atoms with Crippen LogP contribution in [0.25, 0.3) is 0 Å². The molecule has 0 saturated carbocycles. The van der Waals surface area contributed by atoms with Crippen molar-refractivity contribution in [2.75, 3.05) is 36.9 Å². The molecule has 0 unspecified atom stereocenters. The zero-order valence-corrected chi connectivity index (χ0v) is 16.9. The summed E-state index contributed by atoms with van der Waals surface area (Å²) in [6, 6.07) is 10.4. The third-order valence-corrected chi connectivity index (χ3v) is 6.18. The van der Waals surface area contributed by atoms with Crippen LogP contribution < -0.4 is 10.6 Å². The highest BCUT2D eigenvalue weighted by Crippen LogP contribution is 2.19. The number of benzene rings is 1. The van der Waals surface area contributed by atoms with E-state index in [-0.39, 0.29) is 4.90 Å². The van der Waals surface area contributed by atoms with Crippen LogP contribution in [-0.2, 0) is 14.8 Å². The Kier molecular flexibility index (Phi) is 6.05. The van der Waals surface area contributed by atoms with Crippen LogP contribution in [0.3, 0.4) is 0 Å². The highest BCUT2D eigenvalue weighted by atomic mass is 32.2. The SMILES string of the molecule is Cc1cc(C)nc(NC(=S)Nc2ccc(S(=O)(=O)N3CCOCC3)cc2)c1. The van der Waals surface area contributed by atoms with E-state index in [1.54, 1.807) is 24.3 Å². The highest BCUT2D eigenvalue weighted by Gasteiger charge is 2.26. The number of hydrogen-bond acceptors (Lipinski definition) is 5. The number of hydrogen-bond donors (Lipinski definition) is 2. The second kappa shape index (κ2) is 8.30. The van der Waals surface area contributed by atoms with E-state index in [9.17, 15) is 8.42 Å². The van der Waals surface area contributed by atoms with E-state index in [4.69, 9.17) is 17.0 Å². The third kappa shape index (κ3) is 5.01. The molecule has 2 N–H and O–H groups in total. The van der Waals surface area contributed by atoms with Gasteiger partial charge in [-0.15, -0.1) is 0 Å². The van der Waals surface area contributed by atoms with Crippen LogP contribution in [-0.4, -0.2) is 49.1 Å². The number of rotatable bonds is 4. The fraction of sp³-hybridized carbons (Fsp3) is 0.333. The van der Waals surface area contributed by atoms with Crippen molar-refractivity contribution in [2.24, 2.45) is 0 Å². The minimum Gasteiger partial charge on any atom is -0.379 e. The number of pyridine rings is 1. The smallest absolute Gasteiger partial charge is 0.243 e. The molecule has 0 bridgehead atoms. The fourth-order valence-corrected chi connectivity index (χ4v) is 4.46. The number of nitrogens with one attached hydrogen (secondary N) is 2. The number of aromatic nitrogens is 1. The molecule has 0 aliphatic carbocycles. The predicted octanol–water partition coefficient (Wildman–Crippen LogP) is 2.53. The standard InChI is InChI=1S/C18H22N4O3S2/c1-13-11-14(2)19-17(12-13)21-18(26)20-15-3-5-16(6-4-15)27(23,24)22-7-9-25-10-8-22/h3-6,11-12H,7-10H2,1-2H3,(H2,19,20,21,26). The van der Waals surface area contributed by atoms with Crippen molar-refractivity contribution in [2.45, 2.75) is 18.7 Å². The molecule has 27 heavy (non-hydrogen) atoms. The number of sulfonamides is 1. The second-order valence-corrected chi connectivity index (χ2v) is 8.64. The molecule has 2 aromatic rings. The van der Waals surface area contributed by atoms with Gasteiger partial charge in [-0.05, 0) is 68.0 Å². The lowest BCUT2D eigenvalue weighted by Gasteiger charge is -2.26. The maximum Gasteiger partial charge on any atom is 0.243 e. The molecule has 1 aliphatic heterocycles. The fourth-order valence-electron chi connectivity index (χ4n) is 2.83. The van der Waals surface area contributed by atoms with Crippen LogP contribution in [0.15, 0.2) is 41.3 Å². The lowest BCUT2D eigenvalue weighted by molar-refractivity contribution is 0.0730. The summed E-state index contributed by atoms with van der Waals surface area (Å²) in [6.45, 7) is 5.50. The van der Waals surface area contributed by atoms with E-state index >= 15 is 0 Å². The normalized spacial score (nSPS) is 15.3. The van der Waals surface area contributed by atoms with Crippen molar-refractivity contribution >= 4 is 38.9 Å². The molecule has 2 heterocycles. The molecule has 0 spiro atoms. The lowest BCUT2D eigenvalue weighted by Crippen LogP contribution is -2.40. The summed E-state index contributed by atoms with van der Waals surface area (Å²) in [5, 5.41) is 6.46. The van der Waals surface area contributed by atoms with E-state index in [1.165, 1.54) is 4.31 Å². The summed E-state index contributed by atoms with van der Waals surface area (Å²) in [5.41, 5.74) is 2.68. The Morgan fingerprint density at radius 1 is 1.11 bits per heavy atom. The molecular formula is C18H22N4O3S2. The van der Waals surface area contributed by atoms with Crippen molar-refractivity contribution in [3.63, 3.8) is 0 Å². The van der Waals surface area contributed by atoms with Crippen molar-refractivity contribution < 1.29 is 13.2 Å². The molecule has 144 valence electrons. The number of morpholine rings is 1. The molecule has 0 amide bonds. The maximum absolute atomic E-state index is 12.6. The minimum atomic E-state index is -3.50. The molecule has 1 saturated heterocycles. The van der Waals surface area contributed by atoms with Gasteiger partial charge in [0.2, 0.25) is 10.0 Å². The largest absolute Gasteiger partial charge is 0.379 e. The number of nitrogens with zero attached hydrogens (tertiary/aromatic N) is 2. The van der Waals surface area contributed by atoms with Crippen LogP contribution in [0, 0.1) is 13.8 Å². The molecule has 7 nitrogen and oxygen atoms in total. The Morgan fingerprint density at radius 3 is 2.41 bits per heavy atom. The molecule has 1 aliphatic rings. The van der Waals surface area contributed by atoms with Crippen LogP contribution in [0.1, 0.15) is 11.3 Å². The van der Waals surface area contributed by atoms with Gasteiger partial charge in [-0.1, -0.05) is 0 Å². The van der Waals surface area contributed by atoms with Gasteiger partial charge in [-0.3, -0.25) is 0 Å². The Hall–Kier alpha value is -2.07. The predicted molar refractivity (Wildman–Crippen MR) is 110 cm³/mol. The van der Waals surface area contributed by atoms with Gasteiger partial charge in [0.15, 0.2) is 5.11 Å². The first-order valence-corrected chi connectivity index (χ1v) is 10.4. The van der Waals surface area contributed by atoms with Gasteiger partial charge in [0.05, 0.1) is 18.1 Å². The van der Waals surface area contributed by atoms with Crippen molar-refractivity contribution in [3.05, 3.63) is 47.7 Å². The third-order valence-electron chi connectivity index (χ3n) is 4.06. The number of ether oxygens (including phenoxy) is 1. The molecule has 1 aromatic heterocycles. The summed E-state index contributed by atoms with van der Waals surface area (Å²) in [4.78, 5) is 4.63. The molecular weight excluding hydrogens is 384 g/mol. The van der Waals surface area contributed by atoms with Gasteiger partial charge in [-0.2, -0.15) is 4.31 Å². The Balaban J connectivity index is 1.65. The van der Waals surface area contributed by atoms with Crippen LogP contribution in [0.2, 0.25) is 0 Å². The average Bonchev–Trinajstić information content (AvgIpc) is 2.62. The summed E-state index contributed by atoms with van der Waals surface area (Å²) in [7, 11) is -3.50. The highest BCUT2D eigenvalue weighted by molar-refractivity contribution is 7.89. The molecule has 0 atom stereocenters. The molecule has 9 heteroatoms. The van der Waals surface area contributed by atoms with Crippen LogP contribution >= 0.6 is 12.2 Å². The second-order valence-electron chi connectivity index (χ2n) is 6.29. The van der Waals surface area contributed by atoms with E-state index in [0.29, 0.717) is 42.9 Å². The summed E-state index contributed by atoms with van der Waals surface area (Å²) < 4.78 is 31.9. The van der Waals surface area contributed by atoms with Gasteiger partial charge in [0, 0.05) is 24.5 Å². The van der Waals surface area contributed by atoms with E-state index < -0.39 is 10.0 Å². The van der Waals surface area contributed by atoms with Crippen LogP contribution in [0.4, 0.5) is 11.5 Å². The number of thiocarbonyl (C=S) groups is 1. The zero-order chi connectivity index (χ0) is 19.4. The van der Waals surface area contributed by atoms with E-state index in [1.807, 2.05) is 26.0 Å². The van der Waals surface area contributed by atoms with Gasteiger partial charge in [-0.25, -0.2) is 13.4 Å². The number of anilines is 2. The van der Waals surface area contributed by atoms with E-state index in [2.05, 4.69) is 15.6 Å². The molecule has 3 rings (SSSR count). The molecule has 1 fully saturated rings. The van der Waals surface area contributed by atoms with Gasteiger partial charge in [0.1, 0.15) is 5.82 Å². The maximum atomic E-state index is 12.6. The quantitative estimate of drug-likeness (QED) is 0.755. The topological polar surface area (TPSA) is 83.6 Å². The van der Waals surface area contributed by atoms with Gasteiger partial charge in [0.25, 0.3) is 0 Å². The van der Waals surface area contributed by atoms with Crippen molar-refractivity contribution in [3.8, 4) is 0 Å². The summed E-state index contributed by atoms with van der Waals surface area (Å²) >= 11 is 5.31. The first-order chi connectivity index (χ1) is 12.8. The first kappa shape index (κ1) is 19.7. The number of aryl methyl sites for hydroxylation is 2. The molecule has 0 radical (unpaired) electrons. The van der Waals surface area contributed by atoms with Crippen LogP contribution in [0.5, 0.6) is 0 Å². The Morgan fingerprint density at radius 2 is 1.78 bits per heavy atom. The Bertz CT molecular complexity index is 904. The zero-order valence-electron chi connectivity index (χ0n) is 15.2. The lowest BCUT2D eigenvalue weighted by atomic mass is 10.2. The average molecular weight is 407 g/mol. The van der Waals surface area contributed by atoms with E-state index in [0.717, 1.165) is 11.3 Å². The van der Waals surface area contributed by atoms with Crippen molar-refractivity contribution in [1.82, 2.24) is 9.29 Å². The molecule has 1 aromatic carbocycles. The first-order valence-electron chi connectivity index (χ1n) is 8.56. The van der Waals surface area contributed by atoms with Crippen molar-refractivity contribution in [1.29, 1.82) is 0 Å². The Labute approximate surface area is 164 Å². The summed E-state index contributed by atoms with van der Waals surface area (Å²) in [5.74, 6) is 0.663. The summed E-state index contributed by atoms with van der Waals surface area (Å²) in [6.07, 6.45) is 0. The minimum absolute atomic E-state index is 0.254. The monoisotopic (exact) mass is 406 g/mol. The van der Waals surface area contributed by atoms with Gasteiger partial charge >= 0.3 is 0 Å². The van der Waals surface area contributed by atoms with Gasteiger partial charge < -0.3 is 15.4 Å².